The molecule has 0 radical (unpaired) electrons. The van der Waals surface area contributed by atoms with E-state index >= 15 is 0 Å². The summed E-state index contributed by atoms with van der Waals surface area (Å²) in [6, 6.07) is 21.8. The van der Waals surface area contributed by atoms with Crippen LogP contribution in [0.4, 0.5) is 17.1 Å². The highest BCUT2D eigenvalue weighted by atomic mass is 16.5. The predicted octanol–water partition coefficient (Wildman–Crippen LogP) is 7.30. The number of rotatable bonds is 5. The number of para-hydroxylation sites is 2. The SMILES string of the molecule is Cc1cc(Oc2ccccc2N(c2cccc(O)c2C)c2cccc(O)c2C)c(C)cc1O. The van der Waals surface area contributed by atoms with Crippen LogP contribution < -0.4 is 9.64 Å². The van der Waals surface area contributed by atoms with Crippen molar-refractivity contribution in [3.63, 3.8) is 0 Å². The van der Waals surface area contributed by atoms with Crippen molar-refractivity contribution in [2.24, 2.45) is 0 Å². The van der Waals surface area contributed by atoms with Crippen LogP contribution in [0.5, 0.6) is 28.7 Å². The Labute approximate surface area is 193 Å². The molecule has 33 heavy (non-hydrogen) atoms. The van der Waals surface area contributed by atoms with Crippen molar-refractivity contribution in [2.75, 3.05) is 4.90 Å². The normalized spacial score (nSPS) is 10.8. The molecule has 0 amide bonds. The number of phenols is 3. The molecule has 0 aliphatic heterocycles. The second-order valence-corrected chi connectivity index (χ2v) is 8.15. The molecule has 168 valence electrons. The van der Waals surface area contributed by atoms with E-state index in [1.165, 1.54) is 0 Å². The minimum absolute atomic E-state index is 0.179. The quantitative estimate of drug-likeness (QED) is 0.303. The smallest absolute Gasteiger partial charge is 0.151 e. The summed E-state index contributed by atoms with van der Waals surface area (Å²) in [6.45, 7) is 7.42. The number of aromatic hydroxyl groups is 3. The molecule has 0 atom stereocenters. The van der Waals surface area contributed by atoms with Gasteiger partial charge in [0, 0.05) is 11.1 Å². The van der Waals surface area contributed by atoms with E-state index in [-0.39, 0.29) is 17.2 Å². The Bertz CT molecular complexity index is 1280. The zero-order chi connectivity index (χ0) is 23.7. The fraction of sp³-hybridized carbons (Fsp3) is 0.143. The van der Waals surface area contributed by atoms with E-state index in [0.29, 0.717) is 22.6 Å². The summed E-state index contributed by atoms with van der Waals surface area (Å²) in [4.78, 5) is 1.97. The number of nitrogens with zero attached hydrogens (tertiary/aromatic N) is 1. The van der Waals surface area contributed by atoms with Gasteiger partial charge in [0.05, 0.1) is 17.1 Å². The van der Waals surface area contributed by atoms with Gasteiger partial charge in [-0.2, -0.15) is 0 Å². The summed E-state index contributed by atoms with van der Waals surface area (Å²) >= 11 is 0. The van der Waals surface area contributed by atoms with Gasteiger partial charge in [0.25, 0.3) is 0 Å². The van der Waals surface area contributed by atoms with Crippen molar-refractivity contribution in [1.82, 2.24) is 0 Å². The van der Waals surface area contributed by atoms with Gasteiger partial charge < -0.3 is 25.0 Å². The van der Waals surface area contributed by atoms with Crippen molar-refractivity contribution in [3.8, 4) is 28.7 Å². The molecule has 0 aliphatic carbocycles. The molecule has 5 nitrogen and oxygen atoms in total. The highest BCUT2D eigenvalue weighted by molar-refractivity contribution is 5.84. The standard InChI is InChI=1S/C28H27NO4/c1-17-16-28(18(2)15-26(17)32)33-27-14-6-5-9-23(27)29(21-10-7-12-24(30)19(21)3)22-11-8-13-25(31)20(22)4/h5-16,30-32H,1-4H3. The lowest BCUT2D eigenvalue weighted by Gasteiger charge is -2.30. The van der Waals surface area contributed by atoms with Gasteiger partial charge >= 0.3 is 0 Å². The van der Waals surface area contributed by atoms with Crippen LogP contribution in [0, 0.1) is 27.7 Å². The molecule has 0 aliphatic rings. The Morgan fingerprint density at radius 2 is 1.09 bits per heavy atom. The minimum Gasteiger partial charge on any atom is -0.508 e. The van der Waals surface area contributed by atoms with Gasteiger partial charge in [-0.3, -0.25) is 0 Å². The van der Waals surface area contributed by atoms with Crippen LogP contribution in [0.25, 0.3) is 0 Å². The van der Waals surface area contributed by atoms with Crippen molar-refractivity contribution in [3.05, 3.63) is 95.1 Å². The number of hydrogen-bond acceptors (Lipinski definition) is 5. The number of phenolic OH excluding ortho intramolecular Hbond substituents is 3. The van der Waals surface area contributed by atoms with Crippen molar-refractivity contribution >= 4 is 17.1 Å². The average Bonchev–Trinajstić information content (AvgIpc) is 2.79. The van der Waals surface area contributed by atoms with Crippen LogP contribution in [0.3, 0.4) is 0 Å². The lowest BCUT2D eigenvalue weighted by atomic mass is 10.1. The number of anilines is 3. The zero-order valence-corrected chi connectivity index (χ0v) is 19.1. The minimum atomic E-state index is 0.179. The monoisotopic (exact) mass is 441 g/mol. The molecule has 0 saturated carbocycles. The predicted molar refractivity (Wildman–Crippen MR) is 132 cm³/mol. The highest BCUT2D eigenvalue weighted by Crippen LogP contribution is 2.46. The lowest BCUT2D eigenvalue weighted by molar-refractivity contribution is 0.458. The zero-order valence-electron chi connectivity index (χ0n) is 19.1. The first kappa shape index (κ1) is 22.1. The summed E-state index contributed by atoms with van der Waals surface area (Å²) in [5.74, 6) is 1.81. The molecule has 0 aromatic heterocycles. The fourth-order valence-electron chi connectivity index (χ4n) is 3.83. The first-order chi connectivity index (χ1) is 15.8. The van der Waals surface area contributed by atoms with E-state index < -0.39 is 0 Å². The van der Waals surface area contributed by atoms with Crippen LogP contribution in [0.1, 0.15) is 22.3 Å². The number of benzene rings is 4. The second-order valence-electron chi connectivity index (χ2n) is 8.15. The average molecular weight is 442 g/mol. The van der Waals surface area contributed by atoms with Gasteiger partial charge in [-0.25, -0.2) is 0 Å². The summed E-state index contributed by atoms with van der Waals surface area (Å²) in [5, 5.41) is 30.9. The maximum absolute atomic E-state index is 10.4. The third kappa shape index (κ3) is 4.17. The van der Waals surface area contributed by atoms with Crippen molar-refractivity contribution < 1.29 is 20.1 Å². The molecule has 0 unspecified atom stereocenters. The number of aryl methyl sites for hydroxylation is 2. The number of ether oxygens (including phenoxy) is 1. The van der Waals surface area contributed by atoms with Crippen molar-refractivity contribution in [2.45, 2.75) is 27.7 Å². The molecule has 0 spiro atoms. The van der Waals surface area contributed by atoms with Crippen LogP contribution >= 0.6 is 0 Å². The van der Waals surface area contributed by atoms with Crippen LogP contribution in [-0.4, -0.2) is 15.3 Å². The van der Waals surface area contributed by atoms with Gasteiger partial charge in [0.1, 0.15) is 23.0 Å². The summed E-state index contributed by atoms with van der Waals surface area (Å²) in [7, 11) is 0. The Morgan fingerprint density at radius 1 is 0.545 bits per heavy atom. The number of hydrogen-bond donors (Lipinski definition) is 3. The van der Waals surface area contributed by atoms with E-state index in [1.807, 2.05) is 75.1 Å². The van der Waals surface area contributed by atoms with E-state index in [9.17, 15) is 15.3 Å². The fourth-order valence-corrected chi connectivity index (χ4v) is 3.83. The third-order valence-electron chi connectivity index (χ3n) is 5.85. The van der Waals surface area contributed by atoms with Crippen LogP contribution in [-0.2, 0) is 0 Å². The van der Waals surface area contributed by atoms with Gasteiger partial charge in [-0.15, -0.1) is 0 Å². The highest BCUT2D eigenvalue weighted by Gasteiger charge is 2.22. The van der Waals surface area contributed by atoms with Crippen LogP contribution in [0.2, 0.25) is 0 Å². The first-order valence-electron chi connectivity index (χ1n) is 10.7. The second kappa shape index (κ2) is 8.79. The Hall–Kier alpha value is -4.12. The van der Waals surface area contributed by atoms with Gasteiger partial charge in [-0.05, 0) is 87.4 Å². The summed E-state index contributed by atoms with van der Waals surface area (Å²) in [5.41, 5.74) is 5.19. The molecule has 0 fully saturated rings. The molecule has 0 heterocycles. The maximum Gasteiger partial charge on any atom is 0.151 e. The third-order valence-corrected chi connectivity index (χ3v) is 5.85. The van der Waals surface area contributed by atoms with Crippen molar-refractivity contribution in [1.29, 1.82) is 0 Å². The molecular formula is C28H27NO4. The molecule has 4 aromatic rings. The van der Waals surface area contributed by atoms with E-state index in [4.69, 9.17) is 4.74 Å². The summed E-state index contributed by atoms with van der Waals surface area (Å²) in [6.07, 6.45) is 0. The van der Waals surface area contributed by atoms with E-state index in [2.05, 4.69) is 0 Å². The molecule has 4 aromatic carbocycles. The Morgan fingerprint density at radius 3 is 1.70 bits per heavy atom. The van der Waals surface area contributed by atoms with Gasteiger partial charge in [-0.1, -0.05) is 24.3 Å². The van der Waals surface area contributed by atoms with E-state index in [1.54, 1.807) is 30.3 Å². The lowest BCUT2D eigenvalue weighted by Crippen LogP contribution is -2.13. The maximum atomic E-state index is 10.4. The Kier molecular flexibility index (Phi) is 5.88. The van der Waals surface area contributed by atoms with Gasteiger partial charge in [0.15, 0.2) is 5.75 Å². The van der Waals surface area contributed by atoms with Crippen LogP contribution in [0.15, 0.2) is 72.8 Å². The molecule has 5 heteroatoms. The topological polar surface area (TPSA) is 73.2 Å². The molecule has 3 N–H and O–H groups in total. The summed E-state index contributed by atoms with van der Waals surface area (Å²) < 4.78 is 6.36. The van der Waals surface area contributed by atoms with Gasteiger partial charge in [0.2, 0.25) is 0 Å². The molecule has 4 rings (SSSR count). The Balaban J connectivity index is 1.94. The molecule has 0 saturated heterocycles. The largest absolute Gasteiger partial charge is 0.508 e. The molecule has 0 bridgehead atoms. The first-order valence-corrected chi connectivity index (χ1v) is 10.7. The molecular weight excluding hydrogens is 414 g/mol. The van der Waals surface area contributed by atoms with E-state index in [0.717, 1.165) is 28.2 Å².